The maximum absolute atomic E-state index is 11.9. The Labute approximate surface area is 135 Å². The number of para-hydroxylation sites is 2. The molecule has 0 heterocycles. The first kappa shape index (κ1) is 16.4. The van der Waals surface area contributed by atoms with E-state index in [0.29, 0.717) is 29.4 Å². The second-order valence-electron chi connectivity index (χ2n) is 4.72. The molecule has 0 bridgehead atoms. The van der Waals surface area contributed by atoms with Gasteiger partial charge in [0, 0.05) is 5.69 Å². The van der Waals surface area contributed by atoms with Crippen LogP contribution in [0.5, 0.6) is 11.5 Å². The number of ether oxygens (including phenoxy) is 2. The minimum atomic E-state index is -0.172. The van der Waals surface area contributed by atoms with E-state index in [1.807, 2.05) is 31.2 Å². The summed E-state index contributed by atoms with van der Waals surface area (Å²) in [4.78, 5) is 11.9. The minimum absolute atomic E-state index is 0.172. The van der Waals surface area contributed by atoms with E-state index < -0.39 is 0 Å². The van der Waals surface area contributed by atoms with Gasteiger partial charge in [-0.15, -0.1) is 0 Å². The summed E-state index contributed by atoms with van der Waals surface area (Å²) >= 11 is 0. The van der Waals surface area contributed by atoms with Gasteiger partial charge in [-0.2, -0.15) is 5.26 Å². The maximum Gasteiger partial charge on any atom is 0.227 e. The third kappa shape index (κ3) is 5.04. The largest absolute Gasteiger partial charge is 0.490 e. The van der Waals surface area contributed by atoms with Crippen LogP contribution in [-0.4, -0.2) is 19.1 Å². The number of rotatable bonds is 7. The fourth-order valence-corrected chi connectivity index (χ4v) is 1.99. The number of anilines is 1. The topological polar surface area (TPSA) is 71.3 Å². The molecule has 2 rings (SSSR count). The molecular weight excluding hydrogens is 292 g/mol. The molecule has 0 unspecified atom stereocenters. The average Bonchev–Trinajstić information content (AvgIpc) is 2.57. The quantitative estimate of drug-likeness (QED) is 0.851. The van der Waals surface area contributed by atoms with Crippen molar-refractivity contribution >= 4 is 11.6 Å². The summed E-state index contributed by atoms with van der Waals surface area (Å²) in [5, 5.41) is 11.6. The molecule has 0 spiro atoms. The molecule has 0 fully saturated rings. The van der Waals surface area contributed by atoms with Gasteiger partial charge in [0.05, 0.1) is 31.3 Å². The summed E-state index contributed by atoms with van der Waals surface area (Å²) in [6.45, 7) is 2.70. The lowest BCUT2D eigenvalue weighted by Crippen LogP contribution is -2.15. The van der Waals surface area contributed by atoms with Crippen molar-refractivity contribution in [1.82, 2.24) is 0 Å². The molecule has 0 aliphatic heterocycles. The maximum atomic E-state index is 11.9. The van der Waals surface area contributed by atoms with E-state index in [9.17, 15) is 4.79 Å². The van der Waals surface area contributed by atoms with Crippen LogP contribution in [0.4, 0.5) is 5.69 Å². The van der Waals surface area contributed by atoms with E-state index in [1.54, 1.807) is 30.3 Å². The Morgan fingerprint density at radius 1 is 1.13 bits per heavy atom. The molecule has 0 radical (unpaired) electrons. The Bertz CT molecular complexity index is 707. The van der Waals surface area contributed by atoms with Gasteiger partial charge < -0.3 is 14.8 Å². The molecule has 0 atom stereocenters. The van der Waals surface area contributed by atoms with E-state index in [1.165, 1.54) is 0 Å². The standard InChI is InChI=1S/C18H18N2O3/c1-2-22-16-8-3-4-9-17(16)23-11-10-18(21)20-15-7-5-6-14(12-15)13-19/h3-9,12H,2,10-11H2,1H3,(H,20,21). The summed E-state index contributed by atoms with van der Waals surface area (Å²) < 4.78 is 11.1. The molecule has 0 aromatic heterocycles. The Kier molecular flexibility index (Phi) is 6.01. The number of hydrogen-bond donors (Lipinski definition) is 1. The predicted octanol–water partition coefficient (Wildman–Crippen LogP) is 3.36. The Morgan fingerprint density at radius 2 is 1.87 bits per heavy atom. The molecule has 23 heavy (non-hydrogen) atoms. The lowest BCUT2D eigenvalue weighted by molar-refractivity contribution is -0.116. The molecule has 2 aromatic rings. The highest BCUT2D eigenvalue weighted by Crippen LogP contribution is 2.26. The lowest BCUT2D eigenvalue weighted by atomic mass is 10.2. The monoisotopic (exact) mass is 310 g/mol. The lowest BCUT2D eigenvalue weighted by Gasteiger charge is -2.11. The van der Waals surface area contributed by atoms with Crippen molar-refractivity contribution in [1.29, 1.82) is 5.26 Å². The van der Waals surface area contributed by atoms with Gasteiger partial charge in [0.1, 0.15) is 0 Å². The van der Waals surface area contributed by atoms with Crippen LogP contribution in [0.1, 0.15) is 18.9 Å². The van der Waals surface area contributed by atoms with Crippen molar-refractivity contribution in [3.8, 4) is 17.6 Å². The molecule has 0 saturated carbocycles. The number of nitrogens with one attached hydrogen (secondary N) is 1. The van der Waals surface area contributed by atoms with Crippen molar-refractivity contribution in [2.24, 2.45) is 0 Å². The fourth-order valence-electron chi connectivity index (χ4n) is 1.99. The van der Waals surface area contributed by atoms with E-state index in [4.69, 9.17) is 14.7 Å². The van der Waals surface area contributed by atoms with Gasteiger partial charge >= 0.3 is 0 Å². The fraction of sp³-hybridized carbons (Fsp3) is 0.222. The van der Waals surface area contributed by atoms with Gasteiger partial charge in [-0.1, -0.05) is 18.2 Å². The molecular formula is C18H18N2O3. The number of nitrogens with zero attached hydrogens (tertiary/aromatic N) is 1. The highest BCUT2D eigenvalue weighted by Gasteiger charge is 2.06. The number of benzene rings is 2. The van der Waals surface area contributed by atoms with Crippen LogP contribution < -0.4 is 14.8 Å². The van der Waals surface area contributed by atoms with Crippen molar-refractivity contribution in [2.75, 3.05) is 18.5 Å². The van der Waals surface area contributed by atoms with Crippen molar-refractivity contribution in [2.45, 2.75) is 13.3 Å². The summed E-state index contributed by atoms with van der Waals surface area (Å²) in [7, 11) is 0. The summed E-state index contributed by atoms with van der Waals surface area (Å²) in [6, 6.07) is 16.2. The van der Waals surface area contributed by atoms with Crippen molar-refractivity contribution < 1.29 is 14.3 Å². The van der Waals surface area contributed by atoms with Gasteiger partial charge in [0.2, 0.25) is 5.91 Å². The number of carbonyl (C=O) groups excluding carboxylic acids is 1. The van der Waals surface area contributed by atoms with Gasteiger partial charge in [-0.05, 0) is 37.3 Å². The number of nitriles is 1. The van der Waals surface area contributed by atoms with Gasteiger partial charge in [-0.3, -0.25) is 4.79 Å². The zero-order valence-electron chi connectivity index (χ0n) is 12.9. The van der Waals surface area contributed by atoms with Gasteiger partial charge in [0.15, 0.2) is 11.5 Å². The van der Waals surface area contributed by atoms with Crippen LogP contribution in [0.25, 0.3) is 0 Å². The van der Waals surface area contributed by atoms with Crippen LogP contribution in [-0.2, 0) is 4.79 Å². The second-order valence-corrected chi connectivity index (χ2v) is 4.72. The third-order valence-electron chi connectivity index (χ3n) is 3.01. The van der Waals surface area contributed by atoms with Crippen LogP contribution in [0, 0.1) is 11.3 Å². The zero-order chi connectivity index (χ0) is 16.5. The molecule has 1 amide bonds. The first-order chi connectivity index (χ1) is 11.2. The molecule has 0 aliphatic carbocycles. The summed E-state index contributed by atoms with van der Waals surface area (Å²) in [5.41, 5.74) is 1.11. The minimum Gasteiger partial charge on any atom is -0.490 e. The summed E-state index contributed by atoms with van der Waals surface area (Å²) in [5.74, 6) is 1.11. The first-order valence-corrected chi connectivity index (χ1v) is 7.37. The number of hydrogen-bond acceptors (Lipinski definition) is 4. The van der Waals surface area contributed by atoms with Crippen LogP contribution in [0.15, 0.2) is 48.5 Å². The van der Waals surface area contributed by atoms with Crippen molar-refractivity contribution in [3.63, 3.8) is 0 Å². The van der Waals surface area contributed by atoms with Gasteiger partial charge in [-0.25, -0.2) is 0 Å². The molecule has 5 nitrogen and oxygen atoms in total. The third-order valence-corrected chi connectivity index (χ3v) is 3.01. The second kappa shape index (κ2) is 8.44. The van der Waals surface area contributed by atoms with E-state index in [-0.39, 0.29) is 18.9 Å². The molecule has 2 aromatic carbocycles. The highest BCUT2D eigenvalue weighted by atomic mass is 16.5. The Hall–Kier alpha value is -3.00. The molecule has 5 heteroatoms. The Balaban J connectivity index is 1.84. The van der Waals surface area contributed by atoms with Crippen molar-refractivity contribution in [3.05, 3.63) is 54.1 Å². The molecule has 0 aliphatic rings. The first-order valence-electron chi connectivity index (χ1n) is 7.37. The smallest absolute Gasteiger partial charge is 0.227 e. The number of amides is 1. The van der Waals surface area contributed by atoms with E-state index in [0.717, 1.165) is 0 Å². The van der Waals surface area contributed by atoms with Gasteiger partial charge in [0.25, 0.3) is 0 Å². The zero-order valence-corrected chi connectivity index (χ0v) is 12.9. The highest BCUT2D eigenvalue weighted by molar-refractivity contribution is 5.90. The molecule has 118 valence electrons. The Morgan fingerprint density at radius 3 is 2.57 bits per heavy atom. The predicted molar refractivity (Wildman–Crippen MR) is 87.5 cm³/mol. The van der Waals surface area contributed by atoms with E-state index in [2.05, 4.69) is 5.32 Å². The molecule has 1 N–H and O–H groups in total. The van der Waals surface area contributed by atoms with E-state index >= 15 is 0 Å². The molecule has 0 saturated heterocycles. The number of carbonyl (C=O) groups is 1. The van der Waals surface area contributed by atoms with Crippen LogP contribution in [0.2, 0.25) is 0 Å². The normalized spacial score (nSPS) is 9.74. The van der Waals surface area contributed by atoms with Crippen LogP contribution >= 0.6 is 0 Å². The summed E-state index contributed by atoms with van der Waals surface area (Å²) in [6.07, 6.45) is 0.206. The SMILES string of the molecule is CCOc1ccccc1OCCC(=O)Nc1cccc(C#N)c1. The van der Waals surface area contributed by atoms with Crippen LogP contribution in [0.3, 0.4) is 0 Å². The average molecular weight is 310 g/mol.